The summed E-state index contributed by atoms with van der Waals surface area (Å²) in [7, 11) is 0. The van der Waals surface area contributed by atoms with E-state index < -0.39 is 17.5 Å². The van der Waals surface area contributed by atoms with Crippen molar-refractivity contribution in [2.45, 2.75) is 26.8 Å². The second kappa shape index (κ2) is 5.04. The number of benzene rings is 1. The van der Waals surface area contributed by atoms with Crippen LogP contribution in [0.15, 0.2) is 17.5 Å². The van der Waals surface area contributed by atoms with Gasteiger partial charge in [0, 0.05) is 5.38 Å². The van der Waals surface area contributed by atoms with Crippen LogP contribution in [0.4, 0.5) is 10.1 Å². The smallest absolute Gasteiger partial charge is 0.296 e. The zero-order chi connectivity index (χ0) is 15.1. The van der Waals surface area contributed by atoms with Gasteiger partial charge in [-0.25, -0.2) is 9.37 Å². The number of nitrogens with zero attached hydrogens (tertiary/aromatic N) is 2. The van der Waals surface area contributed by atoms with E-state index in [4.69, 9.17) is 0 Å². The Balaban J connectivity index is 2.01. The minimum absolute atomic E-state index is 0.0710. The number of amides is 1. The number of thiazole rings is 1. The van der Waals surface area contributed by atoms with Gasteiger partial charge in [0.25, 0.3) is 11.7 Å². The molecule has 0 saturated heterocycles. The van der Waals surface area contributed by atoms with Crippen LogP contribution in [0.5, 0.6) is 0 Å². The average Bonchev–Trinajstić information content (AvgIpc) is 2.98. The van der Waals surface area contributed by atoms with Crippen LogP contribution >= 0.6 is 11.3 Å². The van der Waals surface area contributed by atoms with E-state index in [1.165, 1.54) is 22.3 Å². The Morgan fingerprint density at radius 3 is 2.76 bits per heavy atom. The Morgan fingerprint density at radius 2 is 2.10 bits per heavy atom. The number of hydrogen-bond donors (Lipinski definition) is 0. The number of hydrogen-bond acceptors (Lipinski definition) is 4. The van der Waals surface area contributed by atoms with E-state index in [0.717, 1.165) is 11.4 Å². The maximum Gasteiger partial charge on any atom is 0.299 e. The minimum Gasteiger partial charge on any atom is -0.296 e. The quantitative estimate of drug-likeness (QED) is 0.819. The van der Waals surface area contributed by atoms with Gasteiger partial charge in [-0.15, -0.1) is 11.3 Å². The van der Waals surface area contributed by atoms with Gasteiger partial charge in [0.2, 0.25) is 0 Å². The Morgan fingerprint density at radius 1 is 1.33 bits per heavy atom. The van der Waals surface area contributed by atoms with Gasteiger partial charge >= 0.3 is 0 Å². The fourth-order valence-electron chi connectivity index (χ4n) is 2.42. The topological polar surface area (TPSA) is 50.3 Å². The SMILES string of the molecule is CCc1nc(CN2C(=O)C(=O)c3cc(C)cc(F)c32)cs1. The first kappa shape index (κ1) is 13.9. The normalized spacial score (nSPS) is 14.0. The molecule has 0 bridgehead atoms. The van der Waals surface area contributed by atoms with Gasteiger partial charge in [-0.2, -0.15) is 0 Å². The lowest BCUT2D eigenvalue weighted by atomic mass is 10.1. The van der Waals surface area contributed by atoms with Crippen molar-refractivity contribution in [2.75, 3.05) is 4.90 Å². The first-order valence-electron chi connectivity index (χ1n) is 6.61. The van der Waals surface area contributed by atoms with Crippen LogP contribution < -0.4 is 4.90 Å². The standard InChI is InChI=1S/C15H13FN2O2S/c1-3-12-17-9(7-21-12)6-18-13-10(14(19)15(18)20)4-8(2)5-11(13)16/h4-5,7H,3,6H2,1-2H3. The molecule has 0 atom stereocenters. The van der Waals surface area contributed by atoms with Crippen molar-refractivity contribution >= 4 is 28.7 Å². The Hall–Kier alpha value is -2.08. The molecule has 0 saturated carbocycles. The van der Waals surface area contributed by atoms with Crippen LogP contribution in [0, 0.1) is 12.7 Å². The van der Waals surface area contributed by atoms with Gasteiger partial charge in [-0.05, 0) is 31.0 Å². The van der Waals surface area contributed by atoms with Crippen molar-refractivity contribution in [3.05, 3.63) is 45.2 Å². The lowest BCUT2D eigenvalue weighted by Gasteiger charge is -2.15. The molecule has 0 fully saturated rings. The van der Waals surface area contributed by atoms with Crippen LogP contribution in [0.25, 0.3) is 0 Å². The van der Waals surface area contributed by atoms with Crippen LogP contribution in [-0.4, -0.2) is 16.7 Å². The molecule has 4 nitrogen and oxygen atoms in total. The van der Waals surface area contributed by atoms with E-state index in [1.54, 1.807) is 13.0 Å². The first-order valence-corrected chi connectivity index (χ1v) is 7.48. The predicted molar refractivity (Wildman–Crippen MR) is 78.1 cm³/mol. The molecule has 1 aliphatic heterocycles. The summed E-state index contributed by atoms with van der Waals surface area (Å²) in [5.74, 6) is -1.89. The summed E-state index contributed by atoms with van der Waals surface area (Å²) >= 11 is 1.50. The van der Waals surface area contributed by atoms with Gasteiger partial charge in [0.05, 0.1) is 28.5 Å². The third-order valence-corrected chi connectivity index (χ3v) is 4.43. The molecule has 3 rings (SSSR count). The van der Waals surface area contributed by atoms with E-state index >= 15 is 0 Å². The zero-order valence-electron chi connectivity index (χ0n) is 11.6. The summed E-state index contributed by atoms with van der Waals surface area (Å²) in [6.45, 7) is 3.80. The zero-order valence-corrected chi connectivity index (χ0v) is 12.5. The fraction of sp³-hybridized carbons (Fsp3) is 0.267. The van der Waals surface area contributed by atoms with Crippen molar-refractivity contribution in [1.29, 1.82) is 0 Å². The number of fused-ring (bicyclic) bond motifs is 1. The molecule has 1 aromatic carbocycles. The molecule has 6 heteroatoms. The lowest BCUT2D eigenvalue weighted by Crippen LogP contribution is -2.29. The molecule has 2 aromatic rings. The maximum absolute atomic E-state index is 14.2. The van der Waals surface area contributed by atoms with Crippen LogP contribution in [0.1, 0.15) is 33.5 Å². The van der Waals surface area contributed by atoms with Crippen molar-refractivity contribution in [3.8, 4) is 0 Å². The molecular weight excluding hydrogens is 291 g/mol. The van der Waals surface area contributed by atoms with Crippen LogP contribution in [0.3, 0.4) is 0 Å². The second-order valence-electron chi connectivity index (χ2n) is 4.95. The third kappa shape index (κ3) is 2.25. The first-order chi connectivity index (χ1) is 10.0. The summed E-state index contributed by atoms with van der Waals surface area (Å²) in [6, 6.07) is 2.88. The molecule has 108 valence electrons. The molecule has 21 heavy (non-hydrogen) atoms. The molecule has 0 spiro atoms. The molecule has 2 heterocycles. The number of carbonyl (C=O) groups excluding carboxylic acids is 2. The predicted octanol–water partition coefficient (Wildman–Crippen LogP) is 2.88. The molecule has 1 aromatic heterocycles. The van der Waals surface area contributed by atoms with Gasteiger partial charge < -0.3 is 0 Å². The minimum atomic E-state index is -0.694. The highest BCUT2D eigenvalue weighted by molar-refractivity contribution is 7.09. The molecule has 0 unspecified atom stereocenters. The third-order valence-electron chi connectivity index (χ3n) is 3.38. The Kier molecular flexibility index (Phi) is 3.33. The van der Waals surface area contributed by atoms with E-state index in [-0.39, 0.29) is 17.8 Å². The number of carbonyl (C=O) groups is 2. The monoisotopic (exact) mass is 304 g/mol. The average molecular weight is 304 g/mol. The summed E-state index contributed by atoms with van der Waals surface area (Å²) in [6.07, 6.45) is 0.807. The van der Waals surface area contributed by atoms with Gasteiger partial charge in [0.1, 0.15) is 5.82 Å². The van der Waals surface area contributed by atoms with Crippen LogP contribution in [-0.2, 0) is 17.8 Å². The van der Waals surface area contributed by atoms with E-state index in [2.05, 4.69) is 4.98 Å². The molecular formula is C15H13FN2O2S. The maximum atomic E-state index is 14.2. The van der Waals surface area contributed by atoms with E-state index in [9.17, 15) is 14.0 Å². The number of aromatic nitrogens is 1. The summed E-state index contributed by atoms with van der Waals surface area (Å²) in [4.78, 5) is 29.6. The number of Topliss-reactive ketones (excluding diaryl/α,β-unsaturated/α-hetero) is 1. The second-order valence-corrected chi connectivity index (χ2v) is 5.89. The van der Waals surface area contributed by atoms with Gasteiger partial charge in [-0.3, -0.25) is 14.5 Å². The highest BCUT2D eigenvalue weighted by atomic mass is 32.1. The number of ketones is 1. The largest absolute Gasteiger partial charge is 0.299 e. The van der Waals surface area contributed by atoms with Crippen molar-refractivity contribution in [3.63, 3.8) is 0 Å². The summed E-state index contributed by atoms with van der Waals surface area (Å²) < 4.78 is 14.2. The van der Waals surface area contributed by atoms with Gasteiger partial charge in [-0.1, -0.05) is 6.92 Å². The number of anilines is 1. The molecule has 0 N–H and O–H groups in total. The number of aryl methyl sites for hydroxylation is 2. The van der Waals surface area contributed by atoms with E-state index in [1.807, 2.05) is 12.3 Å². The van der Waals surface area contributed by atoms with Crippen molar-refractivity contribution in [1.82, 2.24) is 4.98 Å². The highest BCUT2D eigenvalue weighted by Gasteiger charge is 2.38. The fourth-order valence-corrected chi connectivity index (χ4v) is 3.15. The highest BCUT2D eigenvalue weighted by Crippen LogP contribution is 2.34. The molecule has 0 radical (unpaired) electrons. The summed E-state index contributed by atoms with van der Waals surface area (Å²) in [5, 5.41) is 2.79. The Bertz CT molecular complexity index is 754. The van der Waals surface area contributed by atoms with E-state index in [0.29, 0.717) is 11.3 Å². The summed E-state index contributed by atoms with van der Waals surface area (Å²) in [5.41, 5.74) is 1.51. The van der Waals surface area contributed by atoms with Gasteiger partial charge in [0.15, 0.2) is 0 Å². The molecule has 1 amide bonds. The van der Waals surface area contributed by atoms with Crippen molar-refractivity contribution < 1.29 is 14.0 Å². The number of rotatable bonds is 3. The molecule has 1 aliphatic rings. The molecule has 0 aliphatic carbocycles. The lowest BCUT2D eigenvalue weighted by molar-refractivity contribution is -0.114. The number of halogens is 1. The van der Waals surface area contributed by atoms with Crippen LogP contribution in [0.2, 0.25) is 0 Å². The van der Waals surface area contributed by atoms with Crippen molar-refractivity contribution in [2.24, 2.45) is 0 Å². The Labute approximate surface area is 125 Å².